The molecule has 0 aliphatic rings. The standard InChI is InChI=1S/C22H27N5O/c1-14-13-23-17(4)21(24-14)18-8-10-19(11-9-18)22(28)27(5)12-6-7-20-15(2)25-26-16(20)3/h8-11,13H,6-7,12H2,1-5H3,(H,25,26). The van der Waals surface area contributed by atoms with Crippen molar-refractivity contribution in [2.45, 2.75) is 40.5 Å². The lowest BCUT2D eigenvalue weighted by molar-refractivity contribution is 0.0793. The van der Waals surface area contributed by atoms with Gasteiger partial charge in [0.1, 0.15) is 0 Å². The van der Waals surface area contributed by atoms with Crippen LogP contribution in [0, 0.1) is 27.7 Å². The van der Waals surface area contributed by atoms with Crippen LogP contribution >= 0.6 is 0 Å². The summed E-state index contributed by atoms with van der Waals surface area (Å²) in [5, 5.41) is 7.24. The largest absolute Gasteiger partial charge is 0.342 e. The van der Waals surface area contributed by atoms with Crippen LogP contribution in [-0.2, 0) is 6.42 Å². The number of nitrogens with one attached hydrogen (secondary N) is 1. The topological polar surface area (TPSA) is 74.8 Å². The molecule has 0 radical (unpaired) electrons. The van der Waals surface area contributed by atoms with Gasteiger partial charge in [0, 0.05) is 36.6 Å². The third-order valence-corrected chi connectivity index (χ3v) is 5.03. The number of H-pyrrole nitrogens is 1. The van der Waals surface area contributed by atoms with Crippen LogP contribution in [0.15, 0.2) is 30.5 Å². The van der Waals surface area contributed by atoms with Gasteiger partial charge in [0.05, 0.1) is 22.8 Å². The lowest BCUT2D eigenvalue weighted by Gasteiger charge is -2.17. The van der Waals surface area contributed by atoms with Crippen molar-refractivity contribution in [3.05, 3.63) is 64.4 Å². The number of carbonyl (C=O) groups excluding carboxylic acids is 1. The fraction of sp³-hybridized carbons (Fsp3) is 0.364. The van der Waals surface area contributed by atoms with Gasteiger partial charge >= 0.3 is 0 Å². The van der Waals surface area contributed by atoms with Crippen LogP contribution in [0.25, 0.3) is 11.3 Å². The number of hydrogen-bond donors (Lipinski definition) is 1. The van der Waals surface area contributed by atoms with E-state index in [1.807, 2.05) is 59.0 Å². The van der Waals surface area contributed by atoms with Gasteiger partial charge < -0.3 is 4.90 Å². The van der Waals surface area contributed by atoms with Crippen molar-refractivity contribution in [3.63, 3.8) is 0 Å². The summed E-state index contributed by atoms with van der Waals surface area (Å²) >= 11 is 0. The third kappa shape index (κ3) is 4.27. The maximum absolute atomic E-state index is 12.7. The van der Waals surface area contributed by atoms with Crippen LogP contribution in [-0.4, -0.2) is 44.6 Å². The van der Waals surface area contributed by atoms with Gasteiger partial charge in [-0.3, -0.25) is 14.9 Å². The predicted octanol–water partition coefficient (Wildman–Crippen LogP) is 3.81. The molecule has 0 fully saturated rings. The summed E-state index contributed by atoms with van der Waals surface area (Å²) in [6, 6.07) is 7.61. The van der Waals surface area contributed by atoms with Gasteiger partial charge in [-0.15, -0.1) is 0 Å². The zero-order valence-corrected chi connectivity index (χ0v) is 17.2. The smallest absolute Gasteiger partial charge is 0.253 e. The molecular weight excluding hydrogens is 350 g/mol. The molecule has 2 aromatic heterocycles. The van der Waals surface area contributed by atoms with E-state index in [2.05, 4.69) is 20.2 Å². The van der Waals surface area contributed by atoms with Crippen LogP contribution in [0.4, 0.5) is 0 Å². The second-order valence-electron chi connectivity index (χ2n) is 7.27. The van der Waals surface area contributed by atoms with Crippen molar-refractivity contribution in [2.24, 2.45) is 0 Å². The van der Waals surface area contributed by atoms with Crippen molar-refractivity contribution >= 4 is 5.91 Å². The van der Waals surface area contributed by atoms with E-state index in [1.54, 1.807) is 11.1 Å². The van der Waals surface area contributed by atoms with E-state index in [0.29, 0.717) is 12.1 Å². The molecule has 0 bridgehead atoms. The van der Waals surface area contributed by atoms with Crippen LogP contribution in [0.2, 0.25) is 0 Å². The van der Waals surface area contributed by atoms with E-state index in [9.17, 15) is 4.79 Å². The average molecular weight is 377 g/mol. The molecule has 0 saturated heterocycles. The van der Waals surface area contributed by atoms with E-state index in [1.165, 1.54) is 5.56 Å². The summed E-state index contributed by atoms with van der Waals surface area (Å²) < 4.78 is 0. The Bertz CT molecular complexity index is 956. The molecule has 1 aromatic carbocycles. The first-order valence-electron chi connectivity index (χ1n) is 9.53. The third-order valence-electron chi connectivity index (χ3n) is 5.03. The Hall–Kier alpha value is -3.02. The van der Waals surface area contributed by atoms with Crippen molar-refractivity contribution in [3.8, 4) is 11.3 Å². The predicted molar refractivity (Wildman–Crippen MR) is 110 cm³/mol. The number of nitrogens with zero attached hydrogens (tertiary/aromatic N) is 4. The monoisotopic (exact) mass is 377 g/mol. The van der Waals surface area contributed by atoms with Gasteiger partial charge in [0.15, 0.2) is 0 Å². The lowest BCUT2D eigenvalue weighted by atomic mass is 10.1. The van der Waals surface area contributed by atoms with E-state index >= 15 is 0 Å². The zero-order chi connectivity index (χ0) is 20.3. The molecule has 1 amide bonds. The number of amides is 1. The summed E-state index contributed by atoms with van der Waals surface area (Å²) in [7, 11) is 1.85. The molecule has 1 N–H and O–H groups in total. The van der Waals surface area contributed by atoms with Crippen molar-refractivity contribution in [1.29, 1.82) is 0 Å². The molecular formula is C22H27N5O. The van der Waals surface area contributed by atoms with Crippen LogP contribution < -0.4 is 0 Å². The molecule has 6 nitrogen and oxygen atoms in total. The Labute approximate surface area is 166 Å². The Morgan fingerprint density at radius 1 is 1.07 bits per heavy atom. The molecule has 146 valence electrons. The van der Waals surface area contributed by atoms with Gasteiger partial charge in [0.2, 0.25) is 0 Å². The van der Waals surface area contributed by atoms with Crippen molar-refractivity contribution < 1.29 is 4.79 Å². The Balaban J connectivity index is 1.63. The SMILES string of the molecule is Cc1cnc(C)c(-c2ccc(C(=O)N(C)CCCc3c(C)n[nH]c3C)cc2)n1. The molecule has 6 heteroatoms. The minimum Gasteiger partial charge on any atom is -0.342 e. The summed E-state index contributed by atoms with van der Waals surface area (Å²) in [4.78, 5) is 23.4. The number of aromatic amines is 1. The molecule has 0 saturated carbocycles. The quantitative estimate of drug-likeness (QED) is 0.709. The number of aryl methyl sites for hydroxylation is 4. The summed E-state index contributed by atoms with van der Waals surface area (Å²) in [5.41, 5.74) is 7.67. The zero-order valence-electron chi connectivity index (χ0n) is 17.2. The van der Waals surface area contributed by atoms with Gasteiger partial charge in [-0.2, -0.15) is 5.10 Å². The summed E-state index contributed by atoms with van der Waals surface area (Å²) in [5.74, 6) is 0.0271. The molecule has 0 unspecified atom stereocenters. The lowest BCUT2D eigenvalue weighted by Crippen LogP contribution is -2.28. The van der Waals surface area contributed by atoms with Crippen LogP contribution in [0.5, 0.6) is 0 Å². The van der Waals surface area contributed by atoms with Gasteiger partial charge in [-0.05, 0) is 58.2 Å². The number of aromatic nitrogens is 4. The number of hydrogen-bond acceptors (Lipinski definition) is 4. The average Bonchev–Trinajstić information content (AvgIpc) is 3.01. The van der Waals surface area contributed by atoms with Crippen LogP contribution in [0.1, 0.15) is 45.1 Å². The van der Waals surface area contributed by atoms with Gasteiger partial charge in [0.25, 0.3) is 5.91 Å². The Kier molecular flexibility index (Phi) is 5.87. The minimum absolute atomic E-state index is 0.0271. The van der Waals surface area contributed by atoms with Crippen LogP contribution in [0.3, 0.4) is 0 Å². The Morgan fingerprint density at radius 3 is 2.43 bits per heavy atom. The second-order valence-corrected chi connectivity index (χ2v) is 7.27. The normalized spacial score (nSPS) is 10.9. The highest BCUT2D eigenvalue weighted by Gasteiger charge is 2.13. The van der Waals surface area contributed by atoms with E-state index in [0.717, 1.165) is 46.9 Å². The summed E-state index contributed by atoms with van der Waals surface area (Å²) in [6.07, 6.45) is 3.58. The first kappa shape index (κ1) is 19.7. The Morgan fingerprint density at radius 2 is 1.79 bits per heavy atom. The minimum atomic E-state index is 0.0271. The van der Waals surface area contributed by atoms with Crippen molar-refractivity contribution in [2.75, 3.05) is 13.6 Å². The molecule has 2 heterocycles. The fourth-order valence-electron chi connectivity index (χ4n) is 3.34. The highest BCUT2D eigenvalue weighted by Crippen LogP contribution is 2.21. The molecule has 3 aromatic rings. The molecule has 0 spiro atoms. The molecule has 28 heavy (non-hydrogen) atoms. The van der Waals surface area contributed by atoms with E-state index in [-0.39, 0.29) is 5.91 Å². The van der Waals surface area contributed by atoms with Gasteiger partial charge in [-0.1, -0.05) is 12.1 Å². The molecule has 3 rings (SSSR count). The second kappa shape index (κ2) is 8.33. The number of benzene rings is 1. The van der Waals surface area contributed by atoms with E-state index < -0.39 is 0 Å². The highest BCUT2D eigenvalue weighted by atomic mass is 16.2. The first-order chi connectivity index (χ1) is 13.4. The maximum Gasteiger partial charge on any atom is 0.253 e. The van der Waals surface area contributed by atoms with E-state index in [4.69, 9.17) is 0 Å². The molecule has 0 aliphatic heterocycles. The molecule has 0 aliphatic carbocycles. The first-order valence-corrected chi connectivity index (χ1v) is 9.53. The highest BCUT2D eigenvalue weighted by molar-refractivity contribution is 5.94. The van der Waals surface area contributed by atoms with Gasteiger partial charge in [-0.25, -0.2) is 4.98 Å². The fourth-order valence-corrected chi connectivity index (χ4v) is 3.34. The number of carbonyl (C=O) groups is 1. The van der Waals surface area contributed by atoms with Crippen molar-refractivity contribution in [1.82, 2.24) is 25.1 Å². The maximum atomic E-state index is 12.7. The number of rotatable bonds is 6. The molecule has 0 atom stereocenters. The summed E-state index contributed by atoms with van der Waals surface area (Å²) in [6.45, 7) is 8.61.